The number of aromatic nitrogens is 2. The second-order valence-corrected chi connectivity index (χ2v) is 6.48. The van der Waals surface area contributed by atoms with Gasteiger partial charge < -0.3 is 15.0 Å². The normalized spacial score (nSPS) is 13.0. The van der Waals surface area contributed by atoms with Crippen molar-refractivity contribution in [3.8, 4) is 0 Å². The van der Waals surface area contributed by atoms with Crippen LogP contribution in [0.2, 0.25) is 0 Å². The summed E-state index contributed by atoms with van der Waals surface area (Å²) >= 11 is 0. The van der Waals surface area contributed by atoms with Gasteiger partial charge in [-0.15, -0.1) is 0 Å². The van der Waals surface area contributed by atoms with E-state index in [2.05, 4.69) is 10.3 Å². The summed E-state index contributed by atoms with van der Waals surface area (Å²) in [5.74, 6) is -0.664. The number of nitrogens with zero attached hydrogens (tertiary/aromatic N) is 2. The van der Waals surface area contributed by atoms with Gasteiger partial charge in [0.25, 0.3) is 5.56 Å². The second-order valence-electron chi connectivity index (χ2n) is 6.48. The SMILES string of the molecule is CCCn1ccnc(NC(CC(=O)O)CC(C)(C)C)c1=O. The summed E-state index contributed by atoms with van der Waals surface area (Å²) in [6, 6.07) is -0.319. The summed E-state index contributed by atoms with van der Waals surface area (Å²) in [5.41, 5.74) is -0.242. The summed E-state index contributed by atoms with van der Waals surface area (Å²) in [6.07, 6.45) is 4.66. The monoisotopic (exact) mass is 295 g/mol. The summed E-state index contributed by atoms with van der Waals surface area (Å²) in [7, 11) is 0. The van der Waals surface area contributed by atoms with E-state index >= 15 is 0 Å². The van der Waals surface area contributed by atoms with Crippen molar-refractivity contribution < 1.29 is 9.90 Å². The van der Waals surface area contributed by atoms with E-state index in [1.807, 2.05) is 27.7 Å². The Morgan fingerprint density at radius 2 is 2.14 bits per heavy atom. The molecule has 0 spiro atoms. The largest absolute Gasteiger partial charge is 0.481 e. The molecule has 1 atom stereocenters. The number of rotatable bonds is 7. The highest BCUT2D eigenvalue weighted by atomic mass is 16.4. The maximum Gasteiger partial charge on any atom is 0.305 e. The number of hydrogen-bond donors (Lipinski definition) is 2. The molecule has 1 aromatic rings. The molecule has 1 unspecified atom stereocenters. The van der Waals surface area contributed by atoms with Crippen LogP contribution in [0.1, 0.15) is 47.0 Å². The average Bonchev–Trinajstić information content (AvgIpc) is 2.31. The predicted octanol–water partition coefficient (Wildman–Crippen LogP) is 2.34. The smallest absolute Gasteiger partial charge is 0.305 e. The number of nitrogens with one attached hydrogen (secondary N) is 1. The fraction of sp³-hybridized carbons (Fsp3) is 0.667. The minimum Gasteiger partial charge on any atom is -0.481 e. The topological polar surface area (TPSA) is 84.2 Å². The third-order valence-electron chi connectivity index (χ3n) is 3.00. The van der Waals surface area contributed by atoms with Gasteiger partial charge in [0.15, 0.2) is 5.82 Å². The number of carboxylic acid groups (broad SMARTS) is 1. The van der Waals surface area contributed by atoms with Gasteiger partial charge in [-0.1, -0.05) is 27.7 Å². The Kier molecular flexibility index (Phi) is 5.93. The molecule has 118 valence electrons. The van der Waals surface area contributed by atoms with Gasteiger partial charge in [-0.3, -0.25) is 9.59 Å². The lowest BCUT2D eigenvalue weighted by Gasteiger charge is -2.26. The fourth-order valence-electron chi connectivity index (χ4n) is 2.28. The zero-order valence-corrected chi connectivity index (χ0v) is 13.2. The zero-order chi connectivity index (χ0) is 16.0. The van der Waals surface area contributed by atoms with Crippen LogP contribution in [0, 0.1) is 5.41 Å². The van der Waals surface area contributed by atoms with Crippen molar-refractivity contribution in [2.75, 3.05) is 5.32 Å². The predicted molar refractivity (Wildman–Crippen MR) is 82.5 cm³/mol. The molecule has 6 nitrogen and oxygen atoms in total. The molecule has 0 saturated carbocycles. The molecule has 0 aromatic carbocycles. The van der Waals surface area contributed by atoms with Crippen molar-refractivity contribution in [3.05, 3.63) is 22.7 Å². The number of carboxylic acids is 1. The van der Waals surface area contributed by atoms with Gasteiger partial charge >= 0.3 is 5.97 Å². The number of carbonyl (C=O) groups is 1. The van der Waals surface area contributed by atoms with Crippen LogP contribution in [0.25, 0.3) is 0 Å². The molecule has 0 aliphatic carbocycles. The molecular formula is C15H25N3O3. The van der Waals surface area contributed by atoms with Gasteiger partial charge in [-0.2, -0.15) is 0 Å². The number of aliphatic carboxylic acids is 1. The standard InChI is InChI=1S/C15H25N3O3/c1-5-7-18-8-6-16-13(14(18)21)17-11(9-12(19)20)10-15(2,3)4/h6,8,11H,5,7,9-10H2,1-4H3,(H,16,17)(H,19,20). The van der Waals surface area contributed by atoms with Crippen molar-refractivity contribution in [2.45, 2.75) is 59.5 Å². The van der Waals surface area contributed by atoms with Crippen LogP contribution < -0.4 is 10.9 Å². The lowest BCUT2D eigenvalue weighted by Crippen LogP contribution is -2.33. The average molecular weight is 295 g/mol. The molecular weight excluding hydrogens is 270 g/mol. The first-order valence-corrected chi connectivity index (χ1v) is 7.26. The zero-order valence-electron chi connectivity index (χ0n) is 13.2. The quantitative estimate of drug-likeness (QED) is 0.806. The van der Waals surface area contributed by atoms with Crippen molar-refractivity contribution in [1.29, 1.82) is 0 Å². The highest BCUT2D eigenvalue weighted by molar-refractivity contribution is 5.68. The van der Waals surface area contributed by atoms with E-state index < -0.39 is 5.97 Å². The maximum atomic E-state index is 12.2. The molecule has 1 aromatic heterocycles. The molecule has 0 bridgehead atoms. The van der Waals surface area contributed by atoms with Crippen LogP contribution in [0.4, 0.5) is 5.82 Å². The van der Waals surface area contributed by atoms with Gasteiger partial charge in [0.05, 0.1) is 6.42 Å². The fourth-order valence-corrected chi connectivity index (χ4v) is 2.28. The summed E-state index contributed by atoms with van der Waals surface area (Å²) in [4.78, 5) is 27.3. The van der Waals surface area contributed by atoms with Gasteiger partial charge in [0.2, 0.25) is 0 Å². The molecule has 0 aliphatic rings. The van der Waals surface area contributed by atoms with Crippen molar-refractivity contribution in [2.24, 2.45) is 5.41 Å². The van der Waals surface area contributed by atoms with E-state index in [-0.39, 0.29) is 29.3 Å². The number of hydrogen-bond acceptors (Lipinski definition) is 4. The van der Waals surface area contributed by atoms with Crippen LogP contribution in [-0.2, 0) is 11.3 Å². The molecule has 2 N–H and O–H groups in total. The van der Waals surface area contributed by atoms with Crippen LogP contribution in [0.5, 0.6) is 0 Å². The first-order chi connectivity index (χ1) is 9.73. The molecule has 6 heteroatoms. The Morgan fingerprint density at radius 3 is 2.67 bits per heavy atom. The van der Waals surface area contributed by atoms with Crippen LogP contribution >= 0.6 is 0 Å². The van der Waals surface area contributed by atoms with Gasteiger partial charge in [0.1, 0.15) is 0 Å². The van der Waals surface area contributed by atoms with Crippen LogP contribution in [0.15, 0.2) is 17.2 Å². The Labute approximate surface area is 125 Å². The summed E-state index contributed by atoms with van der Waals surface area (Å²) in [6.45, 7) is 8.73. The minimum absolute atomic E-state index is 0.0374. The van der Waals surface area contributed by atoms with Crippen molar-refractivity contribution >= 4 is 11.8 Å². The number of aryl methyl sites for hydroxylation is 1. The summed E-state index contributed by atoms with van der Waals surface area (Å²) < 4.78 is 1.59. The van der Waals surface area contributed by atoms with E-state index in [4.69, 9.17) is 5.11 Å². The van der Waals surface area contributed by atoms with Gasteiger partial charge in [-0.25, -0.2) is 4.98 Å². The summed E-state index contributed by atoms with van der Waals surface area (Å²) in [5, 5.41) is 12.0. The molecule has 1 rings (SSSR count). The minimum atomic E-state index is -0.887. The Balaban J connectivity index is 2.95. The second kappa shape index (κ2) is 7.24. The maximum absolute atomic E-state index is 12.2. The first-order valence-electron chi connectivity index (χ1n) is 7.26. The Bertz CT molecular complexity index is 532. The highest BCUT2D eigenvalue weighted by Gasteiger charge is 2.22. The van der Waals surface area contributed by atoms with Crippen molar-refractivity contribution in [3.63, 3.8) is 0 Å². The van der Waals surface area contributed by atoms with Crippen LogP contribution in [-0.4, -0.2) is 26.7 Å². The van der Waals surface area contributed by atoms with E-state index in [0.29, 0.717) is 13.0 Å². The molecule has 1 heterocycles. The van der Waals surface area contributed by atoms with Crippen LogP contribution in [0.3, 0.4) is 0 Å². The van der Waals surface area contributed by atoms with Gasteiger partial charge in [0, 0.05) is 25.0 Å². The van der Waals surface area contributed by atoms with E-state index in [0.717, 1.165) is 6.42 Å². The van der Waals surface area contributed by atoms with E-state index in [9.17, 15) is 9.59 Å². The lowest BCUT2D eigenvalue weighted by atomic mass is 9.87. The van der Waals surface area contributed by atoms with E-state index in [1.54, 1.807) is 17.0 Å². The lowest BCUT2D eigenvalue weighted by molar-refractivity contribution is -0.137. The molecule has 21 heavy (non-hydrogen) atoms. The van der Waals surface area contributed by atoms with E-state index in [1.165, 1.54) is 0 Å². The number of anilines is 1. The molecule has 0 amide bonds. The molecule has 0 fully saturated rings. The van der Waals surface area contributed by atoms with Gasteiger partial charge in [-0.05, 0) is 18.3 Å². The Morgan fingerprint density at radius 1 is 1.48 bits per heavy atom. The molecule has 0 radical (unpaired) electrons. The first kappa shape index (κ1) is 17.2. The molecule has 0 aliphatic heterocycles. The Hall–Kier alpha value is -1.85. The highest BCUT2D eigenvalue weighted by Crippen LogP contribution is 2.23. The third kappa shape index (κ3) is 5.97. The molecule has 0 saturated heterocycles. The third-order valence-corrected chi connectivity index (χ3v) is 3.00. The van der Waals surface area contributed by atoms with Crippen molar-refractivity contribution in [1.82, 2.24) is 9.55 Å².